The monoisotopic (exact) mass is 374 g/mol. The molecule has 134 valence electrons. The number of halogens is 2. The summed E-state index contributed by atoms with van der Waals surface area (Å²) < 4.78 is 0. The molecule has 5 nitrogen and oxygen atoms in total. The summed E-state index contributed by atoms with van der Waals surface area (Å²) in [5.74, 6) is -0.226. The van der Waals surface area contributed by atoms with Crippen molar-refractivity contribution in [1.29, 1.82) is 0 Å². The quantitative estimate of drug-likeness (QED) is 0.707. The van der Waals surface area contributed by atoms with E-state index in [0.717, 1.165) is 10.5 Å². The van der Waals surface area contributed by atoms with Crippen molar-refractivity contribution in [1.82, 2.24) is 10.6 Å². The molecule has 1 rings (SSSR count). The third-order valence-electron chi connectivity index (χ3n) is 3.25. The molecule has 24 heavy (non-hydrogen) atoms. The van der Waals surface area contributed by atoms with Crippen molar-refractivity contribution in [3.8, 4) is 0 Å². The van der Waals surface area contributed by atoms with Gasteiger partial charge in [0.05, 0.1) is 13.1 Å². The average Bonchev–Trinajstić information content (AvgIpc) is 2.34. The van der Waals surface area contributed by atoms with Crippen LogP contribution in [0.25, 0.3) is 0 Å². The minimum absolute atomic E-state index is 0.0819. The van der Waals surface area contributed by atoms with E-state index in [1.807, 2.05) is 34.7 Å². The molecule has 2 amide bonds. The number of rotatable bonds is 6. The summed E-state index contributed by atoms with van der Waals surface area (Å²) >= 11 is 12.0. The first kappa shape index (κ1) is 20.7. The van der Waals surface area contributed by atoms with Crippen molar-refractivity contribution in [2.24, 2.45) is 0 Å². The Hall–Kier alpha value is -1.30. The molecule has 0 bridgehead atoms. The van der Waals surface area contributed by atoms with Gasteiger partial charge < -0.3 is 15.5 Å². The van der Waals surface area contributed by atoms with Gasteiger partial charge in [0.15, 0.2) is 13.1 Å². The lowest BCUT2D eigenvalue weighted by atomic mass is 10.1. The summed E-state index contributed by atoms with van der Waals surface area (Å²) in [7, 11) is 1.81. The molecule has 0 aliphatic carbocycles. The fourth-order valence-corrected chi connectivity index (χ4v) is 2.87. The van der Waals surface area contributed by atoms with Crippen molar-refractivity contribution >= 4 is 35.0 Å². The summed E-state index contributed by atoms with van der Waals surface area (Å²) in [6.07, 6.45) is 0. The Kier molecular flexibility index (Phi) is 7.52. The van der Waals surface area contributed by atoms with E-state index in [4.69, 9.17) is 23.2 Å². The molecular formula is C17H26Cl2N3O2+. The van der Waals surface area contributed by atoms with E-state index in [0.29, 0.717) is 10.0 Å². The van der Waals surface area contributed by atoms with Crippen LogP contribution in [-0.4, -0.2) is 37.5 Å². The van der Waals surface area contributed by atoms with E-state index in [1.54, 1.807) is 18.2 Å². The molecule has 1 unspecified atom stereocenters. The van der Waals surface area contributed by atoms with Gasteiger partial charge in [-0.2, -0.15) is 0 Å². The van der Waals surface area contributed by atoms with Gasteiger partial charge in [0.2, 0.25) is 0 Å². The van der Waals surface area contributed by atoms with Gasteiger partial charge in [0, 0.05) is 15.6 Å². The minimum atomic E-state index is -0.278. The van der Waals surface area contributed by atoms with Crippen LogP contribution in [0.2, 0.25) is 10.0 Å². The van der Waals surface area contributed by atoms with Crippen LogP contribution in [0.5, 0.6) is 0 Å². The van der Waals surface area contributed by atoms with Crippen molar-refractivity contribution in [3.05, 3.63) is 33.8 Å². The Morgan fingerprint density at radius 3 is 2.29 bits per heavy atom. The number of benzene rings is 1. The molecule has 0 fully saturated rings. The van der Waals surface area contributed by atoms with Crippen molar-refractivity contribution in [2.75, 3.05) is 20.1 Å². The normalized spacial score (nSPS) is 14.0. The third kappa shape index (κ3) is 7.51. The summed E-state index contributed by atoms with van der Waals surface area (Å²) in [5.41, 5.74) is 0.525. The highest BCUT2D eigenvalue weighted by molar-refractivity contribution is 6.35. The van der Waals surface area contributed by atoms with Gasteiger partial charge in [0.25, 0.3) is 11.8 Å². The zero-order valence-electron chi connectivity index (χ0n) is 14.8. The first-order chi connectivity index (χ1) is 11.0. The second kappa shape index (κ2) is 8.70. The Labute approximate surface area is 153 Å². The van der Waals surface area contributed by atoms with E-state index >= 15 is 0 Å². The van der Waals surface area contributed by atoms with Crippen LogP contribution in [0.3, 0.4) is 0 Å². The zero-order chi connectivity index (χ0) is 18.5. The molecule has 0 saturated carbocycles. The first-order valence-corrected chi connectivity index (χ1v) is 8.60. The van der Waals surface area contributed by atoms with Gasteiger partial charge in [-0.3, -0.25) is 9.59 Å². The molecule has 2 atom stereocenters. The van der Waals surface area contributed by atoms with Crippen molar-refractivity contribution < 1.29 is 14.5 Å². The minimum Gasteiger partial charge on any atom is -0.347 e. The van der Waals surface area contributed by atoms with Gasteiger partial charge in [0.1, 0.15) is 0 Å². The summed E-state index contributed by atoms with van der Waals surface area (Å²) in [6.45, 7) is 8.06. The number of carbonyl (C=O) groups is 2. The van der Waals surface area contributed by atoms with E-state index in [1.165, 1.54) is 0 Å². The molecule has 0 aliphatic rings. The summed E-state index contributed by atoms with van der Waals surface area (Å²) in [5, 5.41) is 6.84. The summed E-state index contributed by atoms with van der Waals surface area (Å²) in [4.78, 5) is 24.8. The number of amides is 2. The molecule has 1 aromatic rings. The Morgan fingerprint density at radius 1 is 1.17 bits per heavy atom. The van der Waals surface area contributed by atoms with Gasteiger partial charge in [-0.15, -0.1) is 0 Å². The van der Waals surface area contributed by atoms with Crippen LogP contribution in [0, 0.1) is 0 Å². The molecule has 0 saturated heterocycles. The predicted molar refractivity (Wildman–Crippen MR) is 97.5 cm³/mol. The van der Waals surface area contributed by atoms with Crippen molar-refractivity contribution in [3.63, 3.8) is 0 Å². The lowest BCUT2D eigenvalue weighted by Gasteiger charge is -2.22. The standard InChI is InChI=1S/C17H25Cl2N3O2/c1-11(13-7-6-12(18)8-14(13)19)20-15(23)9-22(5)10-16(24)21-17(2,3)4/h6-8,11H,9-10H2,1-5H3,(H,20,23)(H,21,24)/p+1/t11-/m0/s1. The second-order valence-electron chi connectivity index (χ2n) is 7.06. The Bertz CT molecular complexity index is 600. The highest BCUT2D eigenvalue weighted by atomic mass is 35.5. The van der Waals surface area contributed by atoms with Crippen LogP contribution >= 0.6 is 23.2 Å². The van der Waals surface area contributed by atoms with Gasteiger partial charge in [-0.1, -0.05) is 29.3 Å². The van der Waals surface area contributed by atoms with Gasteiger partial charge in [-0.25, -0.2) is 0 Å². The number of hydrogen-bond acceptors (Lipinski definition) is 2. The number of likely N-dealkylation sites (N-methyl/N-ethyl adjacent to an activating group) is 1. The molecule has 1 aromatic carbocycles. The fraction of sp³-hybridized carbons (Fsp3) is 0.529. The van der Waals surface area contributed by atoms with Gasteiger partial charge in [-0.05, 0) is 45.4 Å². The molecule has 0 aliphatic heterocycles. The smallest absolute Gasteiger partial charge is 0.275 e. The third-order valence-corrected chi connectivity index (χ3v) is 3.81. The maximum Gasteiger partial charge on any atom is 0.275 e. The van der Waals surface area contributed by atoms with E-state index < -0.39 is 0 Å². The molecule has 3 N–H and O–H groups in total. The number of quaternary nitrogens is 1. The van der Waals surface area contributed by atoms with Crippen LogP contribution < -0.4 is 15.5 Å². The summed E-state index contributed by atoms with van der Waals surface area (Å²) in [6, 6.07) is 4.94. The fourth-order valence-electron chi connectivity index (χ4n) is 2.30. The van der Waals surface area contributed by atoms with E-state index in [-0.39, 0.29) is 36.5 Å². The second-order valence-corrected chi connectivity index (χ2v) is 7.91. The number of carbonyl (C=O) groups excluding carboxylic acids is 2. The maximum atomic E-state index is 12.1. The number of nitrogens with one attached hydrogen (secondary N) is 3. The zero-order valence-corrected chi connectivity index (χ0v) is 16.3. The Morgan fingerprint density at radius 2 is 1.75 bits per heavy atom. The van der Waals surface area contributed by atoms with Crippen LogP contribution in [-0.2, 0) is 9.59 Å². The van der Waals surface area contributed by atoms with Gasteiger partial charge >= 0.3 is 0 Å². The SMILES string of the molecule is C[C@H](NC(=O)C[NH+](C)CC(=O)NC(C)(C)C)c1ccc(Cl)cc1Cl. The highest BCUT2D eigenvalue weighted by Crippen LogP contribution is 2.25. The predicted octanol–water partition coefficient (Wildman–Crippen LogP) is 1.60. The van der Waals surface area contributed by atoms with Crippen molar-refractivity contribution in [2.45, 2.75) is 39.3 Å². The van der Waals surface area contributed by atoms with Crippen LogP contribution in [0.1, 0.15) is 39.3 Å². The highest BCUT2D eigenvalue weighted by Gasteiger charge is 2.20. The number of hydrogen-bond donors (Lipinski definition) is 3. The first-order valence-electron chi connectivity index (χ1n) is 7.84. The van der Waals surface area contributed by atoms with E-state index in [9.17, 15) is 9.59 Å². The van der Waals surface area contributed by atoms with E-state index in [2.05, 4.69) is 10.6 Å². The van der Waals surface area contributed by atoms with Crippen LogP contribution in [0.4, 0.5) is 0 Å². The topological polar surface area (TPSA) is 62.6 Å². The Balaban J connectivity index is 2.51. The lowest BCUT2D eigenvalue weighted by Crippen LogP contribution is -3.11. The molecule has 0 aromatic heterocycles. The largest absolute Gasteiger partial charge is 0.347 e. The molecule has 7 heteroatoms. The maximum absolute atomic E-state index is 12.1. The molecular weight excluding hydrogens is 349 g/mol. The molecule has 0 radical (unpaired) electrons. The molecule has 0 spiro atoms. The van der Waals surface area contributed by atoms with Crippen LogP contribution in [0.15, 0.2) is 18.2 Å². The molecule has 0 heterocycles. The lowest BCUT2D eigenvalue weighted by molar-refractivity contribution is -0.862. The average molecular weight is 375 g/mol.